The maximum Gasteiger partial charge on any atom is 0.240 e. The molecule has 7 nitrogen and oxygen atoms in total. The van der Waals surface area contributed by atoms with E-state index in [1.807, 2.05) is 0 Å². The molecule has 0 bridgehead atoms. The zero-order chi connectivity index (χ0) is 18.8. The summed E-state index contributed by atoms with van der Waals surface area (Å²) >= 11 is 0. The van der Waals surface area contributed by atoms with E-state index in [9.17, 15) is 14.4 Å². The molecule has 7 heteroatoms. The van der Waals surface area contributed by atoms with Crippen LogP contribution >= 0.6 is 0 Å². The Morgan fingerprint density at radius 3 is 2.19 bits per heavy atom. The van der Waals surface area contributed by atoms with Crippen LogP contribution in [-0.4, -0.2) is 72.0 Å². The number of fused-ring (bicyclic) bond motifs is 1. The molecule has 3 amide bonds. The van der Waals surface area contributed by atoms with Crippen LogP contribution in [0, 0.1) is 11.8 Å². The summed E-state index contributed by atoms with van der Waals surface area (Å²) in [4.78, 5) is 40.7. The summed E-state index contributed by atoms with van der Waals surface area (Å²) < 4.78 is 5.74. The maximum atomic E-state index is 12.4. The fourth-order valence-corrected chi connectivity index (χ4v) is 4.55. The molecule has 5 unspecified atom stereocenters. The Morgan fingerprint density at radius 2 is 1.65 bits per heavy atom. The van der Waals surface area contributed by atoms with Crippen molar-refractivity contribution in [3.63, 3.8) is 0 Å². The third kappa shape index (κ3) is 4.09. The number of imide groups is 1. The molecule has 3 fully saturated rings. The summed E-state index contributed by atoms with van der Waals surface area (Å²) in [6.45, 7) is 8.22. The highest BCUT2D eigenvalue weighted by atomic mass is 16.5. The highest BCUT2D eigenvalue weighted by Gasteiger charge is 2.48. The Balaban J connectivity index is 1.48. The van der Waals surface area contributed by atoms with E-state index in [0.717, 1.165) is 38.8 Å². The first-order valence-corrected chi connectivity index (χ1v) is 9.88. The highest BCUT2D eigenvalue weighted by molar-refractivity contribution is 6.07. The Hall–Kier alpha value is -1.47. The summed E-state index contributed by atoms with van der Waals surface area (Å²) in [6.07, 6.45) is 3.90. The number of carbonyl (C=O) groups is 3. The van der Waals surface area contributed by atoms with E-state index in [4.69, 9.17) is 4.74 Å². The van der Waals surface area contributed by atoms with Crippen molar-refractivity contribution in [2.45, 2.75) is 64.7 Å². The van der Waals surface area contributed by atoms with E-state index in [1.165, 1.54) is 4.90 Å². The number of hydrogen-bond acceptors (Lipinski definition) is 5. The summed E-state index contributed by atoms with van der Waals surface area (Å²) in [5.74, 6) is -0.956. The van der Waals surface area contributed by atoms with E-state index < -0.39 is 0 Å². The van der Waals surface area contributed by atoms with Crippen LogP contribution in [0.3, 0.4) is 0 Å². The standard InChI is InChI=1S/C19H31N3O4/c1-12(21-9-13(2)26-14(3)10-21)8-20-17(23)11-22-18(24)15-6-4-5-7-16(15)19(22)25/h12-16H,4-11H2,1-3H3,(H,20,23). The second kappa shape index (κ2) is 8.05. The van der Waals surface area contributed by atoms with Gasteiger partial charge in [-0.2, -0.15) is 0 Å². The number of rotatable bonds is 5. The molecule has 3 aliphatic rings. The van der Waals surface area contributed by atoms with E-state index in [1.54, 1.807) is 0 Å². The van der Waals surface area contributed by atoms with E-state index in [0.29, 0.717) is 6.54 Å². The summed E-state index contributed by atoms with van der Waals surface area (Å²) in [7, 11) is 0. The topological polar surface area (TPSA) is 79.0 Å². The Bertz CT molecular complexity index is 533. The molecule has 5 atom stereocenters. The van der Waals surface area contributed by atoms with Crippen LogP contribution in [0.25, 0.3) is 0 Å². The fourth-order valence-electron chi connectivity index (χ4n) is 4.55. The maximum absolute atomic E-state index is 12.4. The monoisotopic (exact) mass is 365 g/mol. The van der Waals surface area contributed by atoms with E-state index in [2.05, 4.69) is 31.0 Å². The molecule has 1 N–H and O–H groups in total. The van der Waals surface area contributed by atoms with Gasteiger partial charge in [0.1, 0.15) is 6.54 Å². The number of carbonyl (C=O) groups excluding carboxylic acids is 3. The van der Waals surface area contributed by atoms with Crippen molar-refractivity contribution < 1.29 is 19.1 Å². The smallest absolute Gasteiger partial charge is 0.240 e. The number of nitrogens with one attached hydrogen (secondary N) is 1. The van der Waals surface area contributed by atoms with Gasteiger partial charge in [0.15, 0.2) is 0 Å². The number of morpholine rings is 1. The van der Waals surface area contributed by atoms with Crippen LogP contribution in [0.2, 0.25) is 0 Å². The van der Waals surface area contributed by atoms with E-state index >= 15 is 0 Å². The van der Waals surface area contributed by atoms with Crippen LogP contribution in [0.1, 0.15) is 46.5 Å². The van der Waals surface area contributed by atoms with Crippen molar-refractivity contribution >= 4 is 17.7 Å². The van der Waals surface area contributed by atoms with Crippen LogP contribution in [0.15, 0.2) is 0 Å². The van der Waals surface area contributed by atoms with Gasteiger partial charge < -0.3 is 10.1 Å². The molecular formula is C19H31N3O4. The van der Waals surface area contributed by atoms with Gasteiger partial charge >= 0.3 is 0 Å². The molecule has 0 aromatic carbocycles. The normalized spacial score (nSPS) is 33.9. The molecule has 0 spiro atoms. The van der Waals surface area contributed by atoms with Crippen LogP contribution in [0.5, 0.6) is 0 Å². The van der Waals surface area contributed by atoms with Crippen molar-refractivity contribution in [1.29, 1.82) is 0 Å². The molecule has 2 saturated heterocycles. The lowest BCUT2D eigenvalue weighted by atomic mass is 9.81. The molecule has 0 aromatic rings. The quantitative estimate of drug-likeness (QED) is 0.728. The Morgan fingerprint density at radius 1 is 1.12 bits per heavy atom. The Labute approximate surface area is 155 Å². The molecule has 2 aliphatic heterocycles. The van der Waals surface area contributed by atoms with Crippen molar-refractivity contribution in [2.24, 2.45) is 11.8 Å². The van der Waals surface area contributed by atoms with Crippen molar-refractivity contribution in [3.8, 4) is 0 Å². The molecular weight excluding hydrogens is 334 g/mol. The highest BCUT2D eigenvalue weighted by Crippen LogP contribution is 2.37. The third-order valence-electron chi connectivity index (χ3n) is 5.90. The number of nitrogens with zero attached hydrogens (tertiary/aromatic N) is 2. The number of amides is 3. The van der Waals surface area contributed by atoms with Crippen LogP contribution in [0.4, 0.5) is 0 Å². The molecule has 0 radical (unpaired) electrons. The minimum absolute atomic E-state index is 0.146. The SMILES string of the molecule is CC1CN(C(C)CNC(=O)CN2C(=O)C3CCCCC3C2=O)CC(C)O1. The van der Waals surface area contributed by atoms with Gasteiger partial charge in [0.25, 0.3) is 0 Å². The van der Waals surface area contributed by atoms with Gasteiger partial charge in [-0.15, -0.1) is 0 Å². The van der Waals surface area contributed by atoms with E-state index in [-0.39, 0.29) is 54.4 Å². The van der Waals surface area contributed by atoms with Crippen molar-refractivity contribution in [2.75, 3.05) is 26.2 Å². The second-order valence-electron chi connectivity index (χ2n) is 8.12. The zero-order valence-corrected chi connectivity index (χ0v) is 16.1. The third-order valence-corrected chi connectivity index (χ3v) is 5.90. The van der Waals surface area contributed by atoms with Crippen molar-refractivity contribution in [3.05, 3.63) is 0 Å². The van der Waals surface area contributed by atoms with Gasteiger partial charge in [0.05, 0.1) is 24.0 Å². The molecule has 2 heterocycles. The summed E-state index contributed by atoms with van der Waals surface area (Å²) in [6, 6.07) is 0.181. The first kappa shape index (κ1) is 19.3. The Kier molecular flexibility index (Phi) is 5.97. The van der Waals surface area contributed by atoms with Gasteiger partial charge in [0.2, 0.25) is 17.7 Å². The van der Waals surface area contributed by atoms with Crippen molar-refractivity contribution in [1.82, 2.24) is 15.1 Å². The number of likely N-dealkylation sites (tertiary alicyclic amines) is 1. The molecule has 146 valence electrons. The predicted octanol–water partition coefficient (Wildman–Crippen LogP) is 0.776. The summed E-state index contributed by atoms with van der Waals surface area (Å²) in [5.41, 5.74) is 0. The number of hydrogen-bond donors (Lipinski definition) is 1. The minimum atomic E-state index is -0.258. The number of ether oxygens (including phenoxy) is 1. The largest absolute Gasteiger partial charge is 0.373 e. The zero-order valence-electron chi connectivity index (χ0n) is 16.1. The molecule has 0 aromatic heterocycles. The second-order valence-corrected chi connectivity index (χ2v) is 8.12. The molecule has 3 rings (SSSR count). The van der Waals surface area contributed by atoms with Gasteiger partial charge in [-0.1, -0.05) is 12.8 Å². The first-order valence-electron chi connectivity index (χ1n) is 9.88. The fraction of sp³-hybridized carbons (Fsp3) is 0.842. The van der Waals surface area contributed by atoms with Gasteiger partial charge in [-0.25, -0.2) is 0 Å². The lowest BCUT2D eigenvalue weighted by Crippen LogP contribution is -2.53. The lowest BCUT2D eigenvalue weighted by Gasteiger charge is -2.39. The predicted molar refractivity (Wildman–Crippen MR) is 96.2 cm³/mol. The molecule has 1 aliphatic carbocycles. The average molecular weight is 365 g/mol. The minimum Gasteiger partial charge on any atom is -0.373 e. The first-order chi connectivity index (χ1) is 12.4. The summed E-state index contributed by atoms with van der Waals surface area (Å²) in [5, 5.41) is 2.89. The average Bonchev–Trinajstić information content (AvgIpc) is 2.84. The van der Waals surface area contributed by atoms with Crippen LogP contribution < -0.4 is 5.32 Å². The molecule has 26 heavy (non-hydrogen) atoms. The molecule has 1 saturated carbocycles. The van der Waals surface area contributed by atoms with Gasteiger partial charge in [0, 0.05) is 25.7 Å². The van der Waals surface area contributed by atoms with Crippen LogP contribution in [-0.2, 0) is 19.1 Å². The van der Waals surface area contributed by atoms with Gasteiger partial charge in [-0.05, 0) is 33.6 Å². The lowest BCUT2D eigenvalue weighted by molar-refractivity contribution is -0.143. The van der Waals surface area contributed by atoms with Gasteiger partial charge in [-0.3, -0.25) is 24.2 Å².